The predicted molar refractivity (Wildman–Crippen MR) is 88.9 cm³/mol. The fourth-order valence-corrected chi connectivity index (χ4v) is 2.70. The molecule has 0 spiro atoms. The highest BCUT2D eigenvalue weighted by Crippen LogP contribution is 2.17. The summed E-state index contributed by atoms with van der Waals surface area (Å²) in [5.74, 6) is 0.0642. The van der Waals surface area contributed by atoms with E-state index in [0.29, 0.717) is 37.6 Å². The van der Waals surface area contributed by atoms with Crippen molar-refractivity contribution in [1.29, 1.82) is 0 Å². The summed E-state index contributed by atoms with van der Waals surface area (Å²) in [7, 11) is 0. The highest BCUT2D eigenvalue weighted by molar-refractivity contribution is 6.32. The van der Waals surface area contributed by atoms with E-state index in [2.05, 4.69) is 10.3 Å². The number of nitrogens with one attached hydrogen (secondary N) is 1. The number of aromatic nitrogens is 1. The number of pyridine rings is 1. The lowest BCUT2D eigenvalue weighted by Crippen LogP contribution is -2.50. The molecular formula is C16H17ClN4O3. The minimum atomic E-state index is -0.157. The highest BCUT2D eigenvalue weighted by atomic mass is 35.5. The molecule has 2 aromatic heterocycles. The number of nitrogens with zero attached hydrogens (tertiary/aromatic N) is 3. The molecule has 8 heteroatoms. The summed E-state index contributed by atoms with van der Waals surface area (Å²) < 4.78 is 5.13. The SMILES string of the molecule is O=C(CN1CCN(C(=O)c2ccco2)CC1)Nc1cccnc1Cl. The second kappa shape index (κ2) is 7.46. The first-order valence-electron chi connectivity index (χ1n) is 7.59. The maximum absolute atomic E-state index is 12.2. The lowest BCUT2D eigenvalue weighted by Gasteiger charge is -2.33. The second-order valence-corrected chi connectivity index (χ2v) is 5.79. The van der Waals surface area contributed by atoms with E-state index in [1.165, 1.54) is 6.26 Å². The first kappa shape index (κ1) is 16.5. The van der Waals surface area contributed by atoms with Crippen LogP contribution in [0.15, 0.2) is 41.1 Å². The maximum Gasteiger partial charge on any atom is 0.289 e. The van der Waals surface area contributed by atoms with Crippen molar-refractivity contribution in [3.05, 3.63) is 47.6 Å². The van der Waals surface area contributed by atoms with Crippen molar-refractivity contribution in [3.63, 3.8) is 0 Å². The number of anilines is 1. The van der Waals surface area contributed by atoms with Gasteiger partial charge in [0, 0.05) is 32.4 Å². The monoisotopic (exact) mass is 348 g/mol. The van der Waals surface area contributed by atoms with E-state index in [1.807, 2.05) is 4.90 Å². The number of rotatable bonds is 4. The van der Waals surface area contributed by atoms with Crippen LogP contribution in [0.25, 0.3) is 0 Å². The van der Waals surface area contributed by atoms with Gasteiger partial charge in [-0.25, -0.2) is 4.98 Å². The molecule has 3 heterocycles. The number of hydrogen-bond donors (Lipinski definition) is 1. The highest BCUT2D eigenvalue weighted by Gasteiger charge is 2.24. The summed E-state index contributed by atoms with van der Waals surface area (Å²) in [6.45, 7) is 2.61. The van der Waals surface area contributed by atoms with Crippen LogP contribution in [0.1, 0.15) is 10.6 Å². The summed E-state index contributed by atoms with van der Waals surface area (Å²) in [4.78, 5) is 31.9. The molecule has 3 rings (SSSR count). The van der Waals surface area contributed by atoms with E-state index in [1.54, 1.807) is 35.4 Å². The molecule has 0 bridgehead atoms. The summed E-state index contributed by atoms with van der Waals surface area (Å²) in [6, 6.07) is 6.75. The normalized spacial score (nSPS) is 15.3. The Morgan fingerprint density at radius 1 is 1.21 bits per heavy atom. The maximum atomic E-state index is 12.2. The number of furan rings is 1. The van der Waals surface area contributed by atoms with Gasteiger partial charge >= 0.3 is 0 Å². The van der Waals surface area contributed by atoms with Crippen molar-refractivity contribution in [2.75, 3.05) is 38.0 Å². The third-order valence-electron chi connectivity index (χ3n) is 3.79. The van der Waals surface area contributed by atoms with Crippen molar-refractivity contribution in [1.82, 2.24) is 14.8 Å². The molecule has 0 radical (unpaired) electrons. The molecule has 7 nitrogen and oxygen atoms in total. The molecule has 2 aromatic rings. The predicted octanol–water partition coefficient (Wildman–Crippen LogP) is 1.72. The fraction of sp³-hybridized carbons (Fsp3) is 0.312. The molecule has 1 aliphatic rings. The lowest BCUT2D eigenvalue weighted by atomic mass is 10.2. The Kier molecular flexibility index (Phi) is 5.12. The molecule has 1 N–H and O–H groups in total. The molecule has 0 atom stereocenters. The van der Waals surface area contributed by atoms with Gasteiger partial charge in [-0.1, -0.05) is 11.6 Å². The number of hydrogen-bond acceptors (Lipinski definition) is 5. The van der Waals surface area contributed by atoms with Crippen LogP contribution in [0.4, 0.5) is 5.69 Å². The molecule has 0 unspecified atom stereocenters. The fourth-order valence-electron chi connectivity index (χ4n) is 2.54. The van der Waals surface area contributed by atoms with E-state index >= 15 is 0 Å². The van der Waals surface area contributed by atoms with Gasteiger partial charge in [0.2, 0.25) is 5.91 Å². The number of amides is 2. The number of piperazine rings is 1. The van der Waals surface area contributed by atoms with E-state index in [9.17, 15) is 9.59 Å². The molecule has 126 valence electrons. The van der Waals surface area contributed by atoms with Gasteiger partial charge in [0.25, 0.3) is 5.91 Å². The molecule has 1 fully saturated rings. The number of halogens is 1. The van der Waals surface area contributed by atoms with Crippen LogP contribution >= 0.6 is 11.6 Å². The third kappa shape index (κ3) is 3.93. The Morgan fingerprint density at radius 2 is 2.00 bits per heavy atom. The standard InChI is InChI=1S/C16H17ClN4O3/c17-15-12(3-1-5-18-15)19-14(22)11-20-6-8-21(9-7-20)16(23)13-4-2-10-24-13/h1-5,10H,6-9,11H2,(H,19,22). The first-order chi connectivity index (χ1) is 11.6. The average Bonchev–Trinajstić information content (AvgIpc) is 3.11. The summed E-state index contributed by atoms with van der Waals surface area (Å²) in [5, 5.41) is 3.01. The second-order valence-electron chi connectivity index (χ2n) is 5.44. The third-order valence-corrected chi connectivity index (χ3v) is 4.09. The average molecular weight is 349 g/mol. The van der Waals surface area contributed by atoms with Crippen molar-refractivity contribution in [2.24, 2.45) is 0 Å². The van der Waals surface area contributed by atoms with Gasteiger partial charge in [-0.3, -0.25) is 14.5 Å². The van der Waals surface area contributed by atoms with Crippen molar-refractivity contribution < 1.29 is 14.0 Å². The van der Waals surface area contributed by atoms with E-state index in [4.69, 9.17) is 16.0 Å². The van der Waals surface area contributed by atoms with Gasteiger partial charge in [0.05, 0.1) is 18.5 Å². The largest absolute Gasteiger partial charge is 0.459 e. The Bertz CT molecular complexity index is 712. The Balaban J connectivity index is 1.48. The quantitative estimate of drug-likeness (QED) is 0.851. The molecule has 0 aromatic carbocycles. The summed E-state index contributed by atoms with van der Waals surface area (Å²) >= 11 is 5.92. The van der Waals surface area contributed by atoms with Crippen LogP contribution in [0.3, 0.4) is 0 Å². The van der Waals surface area contributed by atoms with E-state index in [-0.39, 0.29) is 23.5 Å². The minimum Gasteiger partial charge on any atom is -0.459 e. The molecule has 1 saturated heterocycles. The van der Waals surface area contributed by atoms with Crippen LogP contribution in [0.5, 0.6) is 0 Å². The van der Waals surface area contributed by atoms with Crippen molar-refractivity contribution >= 4 is 29.1 Å². The minimum absolute atomic E-state index is 0.119. The zero-order valence-corrected chi connectivity index (χ0v) is 13.7. The molecule has 0 saturated carbocycles. The topological polar surface area (TPSA) is 78.7 Å². The van der Waals surface area contributed by atoms with E-state index < -0.39 is 0 Å². The lowest BCUT2D eigenvalue weighted by molar-refractivity contribution is -0.117. The molecule has 2 amide bonds. The molecule has 24 heavy (non-hydrogen) atoms. The molecule has 0 aliphatic carbocycles. The summed E-state index contributed by atoms with van der Waals surface area (Å²) in [6.07, 6.45) is 3.05. The number of carbonyl (C=O) groups excluding carboxylic acids is 2. The van der Waals surface area contributed by atoms with Crippen LogP contribution in [-0.2, 0) is 4.79 Å². The number of carbonyl (C=O) groups is 2. The Morgan fingerprint density at radius 3 is 2.67 bits per heavy atom. The van der Waals surface area contributed by atoms with Crippen LogP contribution in [0, 0.1) is 0 Å². The summed E-state index contributed by atoms with van der Waals surface area (Å²) in [5.41, 5.74) is 0.496. The van der Waals surface area contributed by atoms with Gasteiger partial charge < -0.3 is 14.6 Å². The first-order valence-corrected chi connectivity index (χ1v) is 7.97. The van der Waals surface area contributed by atoms with Gasteiger partial charge in [0.15, 0.2) is 10.9 Å². The van der Waals surface area contributed by atoms with Crippen molar-refractivity contribution in [3.8, 4) is 0 Å². The molecule has 1 aliphatic heterocycles. The van der Waals surface area contributed by atoms with Crippen LogP contribution in [-0.4, -0.2) is 59.3 Å². The van der Waals surface area contributed by atoms with Gasteiger partial charge in [-0.15, -0.1) is 0 Å². The zero-order chi connectivity index (χ0) is 16.9. The Hall–Kier alpha value is -2.38. The molecular weight excluding hydrogens is 332 g/mol. The van der Waals surface area contributed by atoms with Crippen molar-refractivity contribution in [2.45, 2.75) is 0 Å². The van der Waals surface area contributed by atoms with Gasteiger partial charge in [-0.2, -0.15) is 0 Å². The van der Waals surface area contributed by atoms with Gasteiger partial charge in [0.1, 0.15) is 0 Å². The van der Waals surface area contributed by atoms with Crippen LogP contribution in [0.2, 0.25) is 5.15 Å². The zero-order valence-electron chi connectivity index (χ0n) is 12.9. The van der Waals surface area contributed by atoms with Crippen LogP contribution < -0.4 is 5.32 Å². The Labute approximate surface area is 144 Å². The smallest absolute Gasteiger partial charge is 0.289 e. The van der Waals surface area contributed by atoms with Gasteiger partial charge in [-0.05, 0) is 24.3 Å². The van der Waals surface area contributed by atoms with E-state index in [0.717, 1.165) is 0 Å².